The molecule has 7 atom stereocenters. The predicted molar refractivity (Wildman–Crippen MR) is 102 cm³/mol. The molecule has 0 aliphatic heterocycles. The monoisotopic (exact) mass is 374 g/mol. The summed E-state index contributed by atoms with van der Waals surface area (Å²) in [6.45, 7) is 3.65. The Kier molecular flexibility index (Phi) is 4.19. The molecule has 0 heterocycles. The highest BCUT2D eigenvalue weighted by Crippen LogP contribution is 2.67. The topological polar surface area (TPSA) is 117 Å². The van der Waals surface area contributed by atoms with Crippen molar-refractivity contribution in [3.8, 4) is 0 Å². The fourth-order valence-electron chi connectivity index (χ4n) is 7.07. The average Bonchev–Trinajstić information content (AvgIpc) is 2.88. The van der Waals surface area contributed by atoms with Gasteiger partial charge in [0.25, 0.3) is 0 Å². The zero-order valence-corrected chi connectivity index (χ0v) is 16.0. The van der Waals surface area contributed by atoms with Gasteiger partial charge in [-0.1, -0.05) is 30.7 Å². The first-order chi connectivity index (χ1) is 12.7. The number of aliphatic hydroxyl groups is 3. The fourth-order valence-corrected chi connectivity index (χ4v) is 7.07. The van der Waals surface area contributed by atoms with Gasteiger partial charge in [-0.3, -0.25) is 0 Å². The predicted octanol–water partition coefficient (Wildman–Crippen LogP) is 2.27. The van der Waals surface area contributed by atoms with Gasteiger partial charge in [0.05, 0.1) is 18.4 Å². The molecule has 6 heteroatoms. The summed E-state index contributed by atoms with van der Waals surface area (Å²) in [7, 11) is 0. The van der Waals surface area contributed by atoms with Gasteiger partial charge < -0.3 is 25.9 Å². The Morgan fingerprint density at radius 1 is 1.33 bits per heavy atom. The first-order valence-corrected chi connectivity index (χ1v) is 9.93. The van der Waals surface area contributed by atoms with Crippen LogP contribution in [0.3, 0.4) is 0 Å². The molecule has 0 saturated heterocycles. The van der Waals surface area contributed by atoms with Gasteiger partial charge in [0.15, 0.2) is 0 Å². The van der Waals surface area contributed by atoms with Crippen LogP contribution >= 0.6 is 0 Å². The van der Waals surface area contributed by atoms with E-state index in [9.17, 15) is 20.5 Å². The highest BCUT2D eigenvalue weighted by molar-refractivity contribution is 6.03. The van der Waals surface area contributed by atoms with Crippen molar-refractivity contribution < 1.29 is 20.5 Å². The lowest BCUT2D eigenvalue weighted by atomic mass is 9.46. The third kappa shape index (κ3) is 2.30. The van der Waals surface area contributed by atoms with E-state index in [0.29, 0.717) is 18.6 Å². The fraction of sp³-hybridized carbons (Fsp3) is 0.714. The number of nitrogens with one attached hydrogen (secondary N) is 1. The SMILES string of the molecule is C[C@]12C=CC(=N)C=C1CC[C@@H]1[C@@H]2[C@@H](O)C[C@@]2(C)[C@H]1CC[C@]2(O)/C(CO)=N/O. The first-order valence-electron chi connectivity index (χ1n) is 9.93. The van der Waals surface area contributed by atoms with Gasteiger partial charge in [-0.2, -0.15) is 0 Å². The van der Waals surface area contributed by atoms with Crippen LogP contribution in [0.5, 0.6) is 0 Å². The highest BCUT2D eigenvalue weighted by atomic mass is 16.4. The van der Waals surface area contributed by atoms with Gasteiger partial charge in [-0.05, 0) is 56.1 Å². The maximum absolute atomic E-state index is 11.4. The molecule has 0 aromatic heterocycles. The largest absolute Gasteiger partial charge is 0.411 e. The Morgan fingerprint density at radius 2 is 2.07 bits per heavy atom. The minimum Gasteiger partial charge on any atom is -0.411 e. The lowest BCUT2D eigenvalue weighted by Crippen LogP contribution is -2.61. The lowest BCUT2D eigenvalue weighted by Gasteiger charge is -2.59. The van der Waals surface area contributed by atoms with Crippen molar-refractivity contribution in [3.63, 3.8) is 0 Å². The van der Waals surface area contributed by atoms with Gasteiger partial charge in [-0.15, -0.1) is 0 Å². The van der Waals surface area contributed by atoms with E-state index in [-0.39, 0.29) is 28.9 Å². The van der Waals surface area contributed by atoms with Crippen LogP contribution in [0.25, 0.3) is 0 Å². The molecule has 0 radical (unpaired) electrons. The number of hydrogen-bond acceptors (Lipinski definition) is 6. The molecule has 6 nitrogen and oxygen atoms in total. The second-order valence-corrected chi connectivity index (χ2v) is 9.37. The van der Waals surface area contributed by atoms with Crippen LogP contribution in [-0.2, 0) is 0 Å². The summed E-state index contributed by atoms with van der Waals surface area (Å²) >= 11 is 0. The summed E-state index contributed by atoms with van der Waals surface area (Å²) in [4.78, 5) is 0. The van der Waals surface area contributed by atoms with Crippen LogP contribution in [0.4, 0.5) is 0 Å². The third-order valence-corrected chi connectivity index (χ3v) is 8.42. The molecule has 4 rings (SSSR count). The Labute approximate surface area is 159 Å². The molecule has 0 bridgehead atoms. The Bertz CT molecular complexity index is 759. The molecule has 3 saturated carbocycles. The summed E-state index contributed by atoms with van der Waals surface area (Å²) in [5, 5.41) is 52.8. The van der Waals surface area contributed by atoms with Crippen LogP contribution in [0.2, 0.25) is 0 Å². The summed E-state index contributed by atoms with van der Waals surface area (Å²) < 4.78 is 0. The molecule has 3 fully saturated rings. The third-order valence-electron chi connectivity index (χ3n) is 8.42. The molecule has 0 spiro atoms. The van der Waals surface area contributed by atoms with E-state index in [1.54, 1.807) is 0 Å². The smallest absolute Gasteiger partial charge is 0.114 e. The van der Waals surface area contributed by atoms with Crippen molar-refractivity contribution in [2.45, 2.75) is 57.7 Å². The standard InChI is InChI=1S/C21H30N2O4/c1-19-7-5-13(22)9-12(19)3-4-14-15-6-8-21(26,17(11-24)23-27)20(15,2)10-16(25)18(14)19/h5,7,9,14-16,18,22,24-27H,3-4,6,8,10-11H2,1-2H3/b22-13?,23-17+/t14-,15-,16-,18+,19-,20-,21-/m0/s1. The van der Waals surface area contributed by atoms with Crippen LogP contribution in [-0.4, -0.2) is 50.3 Å². The molecular weight excluding hydrogens is 344 g/mol. The minimum absolute atomic E-state index is 0.00626. The molecule has 4 aliphatic carbocycles. The first kappa shape index (κ1) is 18.8. The van der Waals surface area contributed by atoms with Crippen molar-refractivity contribution in [1.82, 2.24) is 0 Å². The van der Waals surface area contributed by atoms with Gasteiger partial charge in [-0.25, -0.2) is 0 Å². The normalized spacial score (nSPS) is 49.3. The Morgan fingerprint density at radius 3 is 2.74 bits per heavy atom. The van der Waals surface area contributed by atoms with Gasteiger partial charge in [0, 0.05) is 16.7 Å². The molecule has 4 aliphatic rings. The lowest BCUT2D eigenvalue weighted by molar-refractivity contribution is -0.143. The number of hydrogen-bond donors (Lipinski definition) is 5. The molecule has 148 valence electrons. The number of rotatable bonds is 2. The molecule has 0 amide bonds. The van der Waals surface area contributed by atoms with Crippen LogP contribution in [0.15, 0.2) is 29.0 Å². The molecule has 27 heavy (non-hydrogen) atoms. The van der Waals surface area contributed by atoms with Gasteiger partial charge >= 0.3 is 0 Å². The highest BCUT2D eigenvalue weighted by Gasteiger charge is 2.67. The minimum atomic E-state index is -1.39. The van der Waals surface area contributed by atoms with E-state index in [0.717, 1.165) is 19.3 Å². The zero-order valence-electron chi connectivity index (χ0n) is 16.0. The van der Waals surface area contributed by atoms with E-state index in [1.807, 2.05) is 19.1 Å². The van der Waals surface area contributed by atoms with E-state index in [4.69, 9.17) is 5.41 Å². The van der Waals surface area contributed by atoms with Crippen molar-refractivity contribution in [1.29, 1.82) is 5.41 Å². The summed E-state index contributed by atoms with van der Waals surface area (Å²) in [5.41, 5.74) is -0.556. The molecule has 0 unspecified atom stereocenters. The summed E-state index contributed by atoms with van der Waals surface area (Å²) in [6.07, 6.45) is 8.70. The van der Waals surface area contributed by atoms with Gasteiger partial charge in [0.1, 0.15) is 11.3 Å². The second kappa shape index (κ2) is 6.00. The molecule has 5 N–H and O–H groups in total. The van der Waals surface area contributed by atoms with Crippen LogP contribution in [0.1, 0.15) is 46.0 Å². The van der Waals surface area contributed by atoms with Crippen molar-refractivity contribution in [2.75, 3.05) is 6.61 Å². The van der Waals surface area contributed by atoms with E-state index in [1.165, 1.54) is 5.57 Å². The quantitative estimate of drug-likeness (QED) is 0.289. The number of aliphatic hydroxyl groups excluding tert-OH is 2. The number of fused-ring (bicyclic) bond motifs is 5. The van der Waals surface area contributed by atoms with Crippen molar-refractivity contribution in [3.05, 3.63) is 23.8 Å². The van der Waals surface area contributed by atoms with Gasteiger partial charge in [0.2, 0.25) is 0 Å². The molecule has 0 aromatic carbocycles. The second-order valence-electron chi connectivity index (χ2n) is 9.37. The maximum atomic E-state index is 11.4. The van der Waals surface area contributed by atoms with Crippen molar-refractivity contribution >= 4 is 11.4 Å². The molecular formula is C21H30N2O4. The van der Waals surface area contributed by atoms with Crippen LogP contribution in [0, 0.1) is 34.0 Å². The summed E-state index contributed by atoms with van der Waals surface area (Å²) in [6, 6.07) is 0. The van der Waals surface area contributed by atoms with E-state index < -0.39 is 23.7 Å². The van der Waals surface area contributed by atoms with E-state index >= 15 is 0 Å². The number of allylic oxidation sites excluding steroid dienone is 4. The zero-order chi connectivity index (χ0) is 19.6. The van der Waals surface area contributed by atoms with Crippen molar-refractivity contribution in [2.24, 2.45) is 33.7 Å². The maximum Gasteiger partial charge on any atom is 0.114 e. The Balaban J connectivity index is 1.75. The molecule has 0 aromatic rings. The number of oxime groups is 1. The van der Waals surface area contributed by atoms with Crippen LogP contribution < -0.4 is 0 Å². The number of nitrogens with zero attached hydrogens (tertiary/aromatic N) is 1. The average molecular weight is 374 g/mol. The summed E-state index contributed by atoms with van der Waals surface area (Å²) in [5.74, 6) is 0.476. The Hall–Kier alpha value is -1.50. The van der Waals surface area contributed by atoms with E-state index in [2.05, 4.69) is 18.2 Å².